The molecule has 1 aliphatic carbocycles. The van der Waals surface area contributed by atoms with E-state index in [0.29, 0.717) is 0 Å². The van der Waals surface area contributed by atoms with Crippen molar-refractivity contribution < 1.29 is 0 Å². The zero-order valence-electron chi connectivity index (χ0n) is 7.72. The molecule has 1 aromatic rings. The monoisotopic (exact) mass is 165 g/mol. The van der Waals surface area contributed by atoms with Crippen LogP contribution in [0.1, 0.15) is 24.6 Å². The van der Waals surface area contributed by atoms with Gasteiger partial charge in [0.25, 0.3) is 0 Å². The molecule has 0 radical (unpaired) electrons. The minimum Gasteiger partial charge on any atom is -0.370 e. The SMILES string of the molecule is CCNc1c2c(nn1C)CCC2. The lowest BCUT2D eigenvalue weighted by atomic mass is 10.2. The Labute approximate surface area is 72.8 Å². The number of aromatic nitrogens is 2. The second kappa shape index (κ2) is 2.81. The second-order valence-corrected chi connectivity index (χ2v) is 3.28. The van der Waals surface area contributed by atoms with Crippen LogP contribution in [0.4, 0.5) is 5.82 Å². The van der Waals surface area contributed by atoms with Crippen LogP contribution in [0.15, 0.2) is 0 Å². The molecule has 3 heteroatoms. The van der Waals surface area contributed by atoms with E-state index in [1.165, 1.54) is 29.9 Å². The molecule has 1 aromatic heterocycles. The van der Waals surface area contributed by atoms with Gasteiger partial charge in [-0.3, -0.25) is 4.68 Å². The standard InChI is InChI=1S/C9H15N3/c1-3-10-9-7-5-4-6-8(7)11-12(9)2/h10H,3-6H2,1-2H3. The van der Waals surface area contributed by atoms with Gasteiger partial charge < -0.3 is 5.32 Å². The lowest BCUT2D eigenvalue weighted by Crippen LogP contribution is -2.05. The van der Waals surface area contributed by atoms with Crippen molar-refractivity contribution in [3.05, 3.63) is 11.3 Å². The number of nitrogens with zero attached hydrogens (tertiary/aromatic N) is 2. The van der Waals surface area contributed by atoms with Gasteiger partial charge in [0, 0.05) is 19.2 Å². The predicted octanol–water partition coefficient (Wildman–Crippen LogP) is 1.34. The molecule has 1 aliphatic rings. The fraction of sp³-hybridized carbons (Fsp3) is 0.667. The Kier molecular flexibility index (Phi) is 1.79. The van der Waals surface area contributed by atoms with E-state index in [0.717, 1.165) is 13.0 Å². The van der Waals surface area contributed by atoms with Crippen molar-refractivity contribution in [1.82, 2.24) is 9.78 Å². The van der Waals surface area contributed by atoms with Crippen LogP contribution in [0.25, 0.3) is 0 Å². The van der Waals surface area contributed by atoms with Gasteiger partial charge in [0.1, 0.15) is 5.82 Å². The van der Waals surface area contributed by atoms with Gasteiger partial charge in [-0.2, -0.15) is 5.10 Å². The summed E-state index contributed by atoms with van der Waals surface area (Å²) in [4.78, 5) is 0. The highest BCUT2D eigenvalue weighted by molar-refractivity contribution is 5.49. The third kappa shape index (κ3) is 1.00. The molecule has 0 amide bonds. The van der Waals surface area contributed by atoms with Gasteiger partial charge in [0.15, 0.2) is 0 Å². The predicted molar refractivity (Wildman–Crippen MR) is 49.4 cm³/mol. The number of fused-ring (bicyclic) bond motifs is 1. The number of rotatable bonds is 2. The van der Waals surface area contributed by atoms with Gasteiger partial charge in [0.05, 0.1) is 5.69 Å². The summed E-state index contributed by atoms with van der Waals surface area (Å²) in [7, 11) is 2.01. The number of aryl methyl sites for hydroxylation is 2. The molecule has 0 spiro atoms. The van der Waals surface area contributed by atoms with Crippen molar-refractivity contribution in [3.63, 3.8) is 0 Å². The first kappa shape index (κ1) is 7.65. The molecule has 2 rings (SSSR count). The molecule has 0 bridgehead atoms. The van der Waals surface area contributed by atoms with E-state index in [2.05, 4.69) is 17.3 Å². The summed E-state index contributed by atoms with van der Waals surface area (Å²) >= 11 is 0. The Bertz CT molecular complexity index is 288. The van der Waals surface area contributed by atoms with Crippen molar-refractivity contribution in [3.8, 4) is 0 Å². The van der Waals surface area contributed by atoms with E-state index >= 15 is 0 Å². The average Bonchev–Trinajstić information content (AvgIpc) is 2.56. The third-order valence-electron chi connectivity index (χ3n) is 2.41. The van der Waals surface area contributed by atoms with Crippen LogP contribution >= 0.6 is 0 Å². The van der Waals surface area contributed by atoms with Gasteiger partial charge in [-0.15, -0.1) is 0 Å². The number of hydrogen-bond donors (Lipinski definition) is 1. The summed E-state index contributed by atoms with van der Waals surface area (Å²) in [6.07, 6.45) is 3.64. The highest BCUT2D eigenvalue weighted by Gasteiger charge is 2.19. The van der Waals surface area contributed by atoms with Crippen molar-refractivity contribution in [2.24, 2.45) is 7.05 Å². The minimum atomic E-state index is 0.978. The summed E-state index contributed by atoms with van der Waals surface area (Å²) < 4.78 is 1.97. The first-order chi connectivity index (χ1) is 5.83. The molecular weight excluding hydrogens is 150 g/mol. The Morgan fingerprint density at radius 2 is 2.33 bits per heavy atom. The normalized spacial score (nSPS) is 14.8. The summed E-state index contributed by atoms with van der Waals surface area (Å²) in [5.41, 5.74) is 2.74. The topological polar surface area (TPSA) is 29.9 Å². The fourth-order valence-electron chi connectivity index (χ4n) is 1.91. The van der Waals surface area contributed by atoms with Gasteiger partial charge in [-0.05, 0) is 26.2 Å². The molecule has 1 N–H and O–H groups in total. The highest BCUT2D eigenvalue weighted by Crippen LogP contribution is 2.27. The maximum absolute atomic E-state index is 4.46. The fourth-order valence-corrected chi connectivity index (χ4v) is 1.91. The van der Waals surface area contributed by atoms with Crippen LogP contribution in [-0.4, -0.2) is 16.3 Å². The first-order valence-corrected chi connectivity index (χ1v) is 4.61. The van der Waals surface area contributed by atoms with Crippen molar-refractivity contribution in [2.45, 2.75) is 26.2 Å². The molecule has 0 saturated carbocycles. The average molecular weight is 165 g/mol. The maximum atomic E-state index is 4.46. The van der Waals surface area contributed by atoms with Crippen LogP contribution in [0.3, 0.4) is 0 Å². The Hall–Kier alpha value is -0.990. The molecule has 66 valence electrons. The first-order valence-electron chi connectivity index (χ1n) is 4.61. The van der Waals surface area contributed by atoms with E-state index in [9.17, 15) is 0 Å². The summed E-state index contributed by atoms with van der Waals surface area (Å²) in [6, 6.07) is 0. The van der Waals surface area contributed by atoms with E-state index in [4.69, 9.17) is 0 Å². The van der Waals surface area contributed by atoms with Crippen LogP contribution in [-0.2, 0) is 19.9 Å². The van der Waals surface area contributed by atoms with Crippen molar-refractivity contribution in [1.29, 1.82) is 0 Å². The lowest BCUT2D eigenvalue weighted by Gasteiger charge is -2.04. The van der Waals surface area contributed by atoms with Crippen LogP contribution in [0.2, 0.25) is 0 Å². The maximum Gasteiger partial charge on any atom is 0.127 e. The van der Waals surface area contributed by atoms with Crippen LogP contribution in [0.5, 0.6) is 0 Å². The highest BCUT2D eigenvalue weighted by atomic mass is 15.3. The molecule has 0 aliphatic heterocycles. The summed E-state index contributed by atoms with van der Waals surface area (Å²) in [5, 5.41) is 7.82. The van der Waals surface area contributed by atoms with Gasteiger partial charge >= 0.3 is 0 Å². The molecule has 0 unspecified atom stereocenters. The lowest BCUT2D eigenvalue weighted by molar-refractivity contribution is 0.731. The quantitative estimate of drug-likeness (QED) is 0.716. The van der Waals surface area contributed by atoms with E-state index in [1.807, 2.05) is 11.7 Å². The zero-order chi connectivity index (χ0) is 8.55. The van der Waals surface area contributed by atoms with Crippen LogP contribution in [0, 0.1) is 0 Å². The number of hydrogen-bond acceptors (Lipinski definition) is 2. The molecule has 0 fully saturated rings. The number of nitrogens with one attached hydrogen (secondary N) is 1. The van der Waals surface area contributed by atoms with Crippen molar-refractivity contribution >= 4 is 5.82 Å². The molecule has 0 atom stereocenters. The Morgan fingerprint density at radius 1 is 1.50 bits per heavy atom. The number of anilines is 1. The van der Waals surface area contributed by atoms with Gasteiger partial charge in [-0.25, -0.2) is 0 Å². The zero-order valence-corrected chi connectivity index (χ0v) is 7.72. The molecular formula is C9H15N3. The summed E-state index contributed by atoms with van der Waals surface area (Å²) in [6.45, 7) is 3.10. The van der Waals surface area contributed by atoms with E-state index in [1.54, 1.807) is 0 Å². The van der Waals surface area contributed by atoms with Crippen LogP contribution < -0.4 is 5.32 Å². The molecule has 0 aromatic carbocycles. The largest absolute Gasteiger partial charge is 0.370 e. The molecule has 0 saturated heterocycles. The Balaban J connectivity index is 2.38. The van der Waals surface area contributed by atoms with E-state index < -0.39 is 0 Å². The van der Waals surface area contributed by atoms with Gasteiger partial charge in [0.2, 0.25) is 0 Å². The Morgan fingerprint density at radius 3 is 3.08 bits per heavy atom. The van der Waals surface area contributed by atoms with E-state index in [-0.39, 0.29) is 0 Å². The second-order valence-electron chi connectivity index (χ2n) is 3.28. The molecule has 1 heterocycles. The summed E-state index contributed by atoms with van der Waals surface area (Å²) in [5.74, 6) is 1.23. The third-order valence-corrected chi connectivity index (χ3v) is 2.41. The van der Waals surface area contributed by atoms with Crippen molar-refractivity contribution in [2.75, 3.05) is 11.9 Å². The van der Waals surface area contributed by atoms with Gasteiger partial charge in [-0.1, -0.05) is 0 Å². The smallest absolute Gasteiger partial charge is 0.127 e. The molecule has 12 heavy (non-hydrogen) atoms. The minimum absolute atomic E-state index is 0.978. The molecule has 3 nitrogen and oxygen atoms in total.